The van der Waals surface area contributed by atoms with Crippen molar-refractivity contribution in [2.45, 2.75) is 64.1 Å². The number of carbonyl (C=O) groups is 6. The van der Waals surface area contributed by atoms with Crippen molar-refractivity contribution in [3.8, 4) is 0 Å². The maximum atomic E-state index is 13.1. The highest BCUT2D eigenvalue weighted by molar-refractivity contribution is 5.94. The fourth-order valence-corrected chi connectivity index (χ4v) is 3.82. The lowest BCUT2D eigenvalue weighted by molar-refractivity contribution is -0.142. The number of unbranched alkanes of at least 4 members (excludes halogenated alkanes) is 1. The van der Waals surface area contributed by atoms with Gasteiger partial charge in [-0.25, -0.2) is 4.79 Å². The minimum atomic E-state index is -1.19. The van der Waals surface area contributed by atoms with E-state index < -0.39 is 66.7 Å². The minimum absolute atomic E-state index is 0.00168. The lowest BCUT2D eigenvalue weighted by Gasteiger charge is -2.24. The number of carboxylic acid groups (broad SMARTS) is 1. The summed E-state index contributed by atoms with van der Waals surface area (Å²) in [6.45, 7) is 2.84. The number of nitrogens with two attached hydrogens (primary N) is 2. The fraction of sp³-hybridized carbons (Fsp3) is 0.556. The molecule has 1 aromatic rings. The van der Waals surface area contributed by atoms with Gasteiger partial charge in [-0.1, -0.05) is 44.2 Å². The van der Waals surface area contributed by atoms with Crippen LogP contribution < -0.4 is 38.1 Å². The van der Waals surface area contributed by atoms with E-state index in [9.17, 15) is 33.9 Å². The van der Waals surface area contributed by atoms with Crippen molar-refractivity contribution in [2.24, 2.45) is 17.4 Å². The van der Waals surface area contributed by atoms with Gasteiger partial charge < -0.3 is 43.2 Å². The van der Waals surface area contributed by atoms with Gasteiger partial charge in [0, 0.05) is 6.42 Å². The van der Waals surface area contributed by atoms with E-state index in [1.807, 2.05) is 19.9 Å². The maximum absolute atomic E-state index is 13.1. The molecule has 0 aliphatic heterocycles. The Morgan fingerprint density at radius 1 is 0.756 bits per heavy atom. The van der Waals surface area contributed by atoms with Gasteiger partial charge in [0.15, 0.2) is 0 Å². The maximum Gasteiger partial charge on any atom is 0.326 e. The third kappa shape index (κ3) is 14.8. The Balaban J connectivity index is 2.71. The number of hydrogen-bond donors (Lipinski definition) is 8. The molecule has 0 radical (unpaired) electrons. The predicted molar refractivity (Wildman–Crippen MR) is 151 cm³/mol. The molecule has 0 spiro atoms. The monoisotopic (exact) mass is 577 g/mol. The quantitative estimate of drug-likeness (QED) is 0.0859. The Hall–Kier alpha value is -4.04. The lowest BCUT2D eigenvalue weighted by Crippen LogP contribution is -2.56. The van der Waals surface area contributed by atoms with Gasteiger partial charge in [0.2, 0.25) is 29.5 Å². The average molecular weight is 578 g/mol. The minimum Gasteiger partial charge on any atom is -0.480 e. The van der Waals surface area contributed by atoms with Crippen LogP contribution in [0.15, 0.2) is 30.3 Å². The highest BCUT2D eigenvalue weighted by Gasteiger charge is 2.28. The second kappa shape index (κ2) is 19.1. The van der Waals surface area contributed by atoms with Crippen LogP contribution in [-0.4, -0.2) is 84.9 Å². The van der Waals surface area contributed by atoms with E-state index in [1.54, 1.807) is 24.3 Å². The van der Waals surface area contributed by atoms with Crippen LogP contribution in [0.2, 0.25) is 0 Å². The number of hydrogen-bond acceptors (Lipinski definition) is 8. The molecular weight excluding hydrogens is 534 g/mol. The van der Waals surface area contributed by atoms with E-state index >= 15 is 0 Å². The largest absolute Gasteiger partial charge is 0.480 e. The summed E-state index contributed by atoms with van der Waals surface area (Å²) >= 11 is 0. The summed E-state index contributed by atoms with van der Waals surface area (Å²) in [5.74, 6) is -4.31. The van der Waals surface area contributed by atoms with Crippen molar-refractivity contribution in [1.82, 2.24) is 26.6 Å². The molecule has 1 aromatic carbocycles. The molecule has 41 heavy (non-hydrogen) atoms. The third-order valence-electron chi connectivity index (χ3n) is 5.91. The molecule has 0 heterocycles. The van der Waals surface area contributed by atoms with Crippen molar-refractivity contribution in [3.63, 3.8) is 0 Å². The number of nitrogens with one attached hydrogen (secondary N) is 5. The van der Waals surface area contributed by atoms with Crippen molar-refractivity contribution < 1.29 is 33.9 Å². The van der Waals surface area contributed by atoms with Gasteiger partial charge in [-0.2, -0.15) is 0 Å². The number of carboxylic acids is 1. The van der Waals surface area contributed by atoms with Gasteiger partial charge in [0.25, 0.3) is 0 Å². The molecule has 0 aliphatic rings. The molecule has 0 bridgehead atoms. The van der Waals surface area contributed by atoms with Crippen LogP contribution in [-0.2, 0) is 35.2 Å². The van der Waals surface area contributed by atoms with E-state index in [4.69, 9.17) is 11.5 Å². The van der Waals surface area contributed by atoms with E-state index in [-0.39, 0.29) is 31.7 Å². The Morgan fingerprint density at radius 2 is 1.39 bits per heavy atom. The molecule has 14 nitrogen and oxygen atoms in total. The van der Waals surface area contributed by atoms with Crippen molar-refractivity contribution in [3.05, 3.63) is 35.9 Å². The van der Waals surface area contributed by atoms with Gasteiger partial charge in [0.1, 0.15) is 18.1 Å². The van der Waals surface area contributed by atoms with E-state index in [1.165, 1.54) is 0 Å². The van der Waals surface area contributed by atoms with Crippen molar-refractivity contribution >= 4 is 35.5 Å². The molecule has 0 unspecified atom stereocenters. The highest BCUT2D eigenvalue weighted by Crippen LogP contribution is 2.08. The second-order valence-electron chi connectivity index (χ2n) is 9.94. The molecule has 14 heteroatoms. The highest BCUT2D eigenvalue weighted by atomic mass is 16.4. The molecule has 3 atom stereocenters. The van der Waals surface area contributed by atoms with Gasteiger partial charge >= 0.3 is 5.97 Å². The van der Waals surface area contributed by atoms with Crippen LogP contribution in [0.3, 0.4) is 0 Å². The fourth-order valence-electron chi connectivity index (χ4n) is 3.82. The number of rotatable bonds is 19. The topological polar surface area (TPSA) is 235 Å². The molecule has 5 amide bonds. The molecule has 1 rings (SSSR count). The van der Waals surface area contributed by atoms with Crippen LogP contribution in [0.1, 0.15) is 45.1 Å². The molecule has 0 aliphatic carbocycles. The summed E-state index contributed by atoms with van der Waals surface area (Å²) in [7, 11) is 0. The van der Waals surface area contributed by atoms with Gasteiger partial charge in [0.05, 0.1) is 19.6 Å². The van der Waals surface area contributed by atoms with Crippen LogP contribution in [0.4, 0.5) is 0 Å². The Kier molecular flexibility index (Phi) is 16.3. The van der Waals surface area contributed by atoms with Gasteiger partial charge in [-0.3, -0.25) is 24.0 Å². The first-order valence-electron chi connectivity index (χ1n) is 13.6. The van der Waals surface area contributed by atoms with Crippen LogP contribution >= 0.6 is 0 Å². The smallest absolute Gasteiger partial charge is 0.326 e. The summed E-state index contributed by atoms with van der Waals surface area (Å²) in [4.78, 5) is 73.6. The molecule has 0 aromatic heterocycles. The van der Waals surface area contributed by atoms with Crippen molar-refractivity contribution in [2.75, 3.05) is 26.2 Å². The number of benzene rings is 1. The molecule has 228 valence electrons. The van der Waals surface area contributed by atoms with E-state index in [0.717, 1.165) is 5.56 Å². The zero-order valence-corrected chi connectivity index (χ0v) is 23.6. The van der Waals surface area contributed by atoms with E-state index in [0.29, 0.717) is 19.4 Å². The predicted octanol–water partition coefficient (Wildman–Crippen LogP) is -1.87. The van der Waals surface area contributed by atoms with E-state index in [2.05, 4.69) is 26.6 Å². The first kappa shape index (κ1) is 35.0. The summed E-state index contributed by atoms with van der Waals surface area (Å²) in [6, 6.07) is 5.93. The number of carbonyl (C=O) groups excluding carboxylic acids is 5. The Labute approximate surface area is 239 Å². The molecule has 0 fully saturated rings. The number of aliphatic carboxylic acids is 1. The zero-order chi connectivity index (χ0) is 30.8. The standard InChI is InChI=1S/C27H43N7O7/c1-17(2)12-20(34-26(39)21(33-22(35)14-29)13-18-8-4-3-5-9-18)25(38)31-15-23(36)30-16-24(37)32-19(27(40)41)10-6-7-11-28/h3-5,8-9,17,19-21H,6-7,10-16,28-29H2,1-2H3,(H,30,36)(H,31,38)(H,32,37)(H,33,35)(H,34,39)(H,40,41)/t19-,20-,21-/m0/s1. The zero-order valence-electron chi connectivity index (χ0n) is 23.6. The normalized spacial score (nSPS) is 12.9. The van der Waals surface area contributed by atoms with Crippen LogP contribution in [0, 0.1) is 5.92 Å². The third-order valence-corrected chi connectivity index (χ3v) is 5.91. The van der Waals surface area contributed by atoms with Crippen LogP contribution in [0.5, 0.6) is 0 Å². The molecule has 0 saturated heterocycles. The van der Waals surface area contributed by atoms with Gasteiger partial charge in [-0.05, 0) is 43.7 Å². The summed E-state index contributed by atoms with van der Waals surface area (Å²) in [5.41, 5.74) is 11.6. The first-order chi connectivity index (χ1) is 19.5. The second-order valence-corrected chi connectivity index (χ2v) is 9.94. The molecular formula is C27H43N7O7. The summed E-state index contributed by atoms with van der Waals surface area (Å²) in [6.07, 6.45) is 1.77. The van der Waals surface area contributed by atoms with Gasteiger partial charge in [-0.15, -0.1) is 0 Å². The summed E-state index contributed by atoms with van der Waals surface area (Å²) < 4.78 is 0. The Morgan fingerprint density at radius 3 is 1.98 bits per heavy atom. The average Bonchev–Trinajstić information content (AvgIpc) is 2.93. The summed E-state index contributed by atoms with van der Waals surface area (Å²) in [5, 5.41) is 21.6. The van der Waals surface area contributed by atoms with Crippen molar-refractivity contribution in [1.29, 1.82) is 0 Å². The molecule has 10 N–H and O–H groups in total. The number of amides is 5. The molecule has 0 saturated carbocycles. The lowest BCUT2D eigenvalue weighted by atomic mass is 10.0. The van der Waals surface area contributed by atoms with Crippen LogP contribution in [0.25, 0.3) is 0 Å². The first-order valence-corrected chi connectivity index (χ1v) is 13.6. The SMILES string of the molecule is CC(C)C[C@H](NC(=O)[C@H](Cc1ccccc1)NC(=O)CN)C(=O)NCC(=O)NCC(=O)N[C@@H](CCCCN)C(=O)O. The Bertz CT molecular complexity index is 1020.